The second-order valence-electron chi connectivity index (χ2n) is 3.30. The van der Waals surface area contributed by atoms with E-state index >= 15 is 0 Å². The summed E-state index contributed by atoms with van der Waals surface area (Å²) in [5.74, 6) is 0. The summed E-state index contributed by atoms with van der Waals surface area (Å²) in [5, 5.41) is 3.14. The molecule has 0 amide bonds. The molecule has 0 saturated carbocycles. The summed E-state index contributed by atoms with van der Waals surface area (Å²) < 4.78 is 4.94. The Hall–Kier alpha value is -0.930. The lowest BCUT2D eigenvalue weighted by atomic mass is 10.1. The average molecular weight is 223 g/mol. The van der Waals surface area contributed by atoms with Crippen LogP contribution >= 0.6 is 12.2 Å². The molecule has 0 heterocycles. The zero-order valence-electron chi connectivity index (χ0n) is 9.25. The number of nitrogens with one attached hydrogen (secondary N) is 1. The Morgan fingerprint density at radius 1 is 1.33 bits per heavy atom. The van der Waals surface area contributed by atoms with Crippen molar-refractivity contribution in [3.8, 4) is 0 Å². The van der Waals surface area contributed by atoms with Crippen molar-refractivity contribution in [2.45, 2.75) is 13.3 Å². The Balaban J connectivity index is 2.50. The van der Waals surface area contributed by atoms with Crippen molar-refractivity contribution in [1.82, 2.24) is 5.32 Å². The van der Waals surface area contributed by atoms with E-state index in [-0.39, 0.29) is 0 Å². The summed E-state index contributed by atoms with van der Waals surface area (Å²) in [4.78, 5) is 0.787. The van der Waals surface area contributed by atoms with Crippen molar-refractivity contribution in [2.24, 2.45) is 0 Å². The molecule has 0 fully saturated rings. The molecule has 0 aromatic heterocycles. The van der Waals surface area contributed by atoms with Crippen LogP contribution in [0.1, 0.15) is 18.1 Å². The molecule has 0 unspecified atom stereocenters. The van der Waals surface area contributed by atoms with Crippen LogP contribution in [0.5, 0.6) is 0 Å². The standard InChI is InChI=1S/C12H17NOS/c1-3-10-4-6-11(7-5-10)12(15)13-8-9-14-2/h4-7H,3,8-9H2,1-2H3,(H,13,15). The summed E-state index contributed by atoms with van der Waals surface area (Å²) in [6.45, 7) is 3.57. The van der Waals surface area contributed by atoms with Gasteiger partial charge in [-0.3, -0.25) is 0 Å². The number of aryl methyl sites for hydroxylation is 1. The Kier molecular flexibility index (Phi) is 5.29. The van der Waals surface area contributed by atoms with Gasteiger partial charge in [0.2, 0.25) is 0 Å². The van der Waals surface area contributed by atoms with Gasteiger partial charge in [0, 0.05) is 19.2 Å². The monoisotopic (exact) mass is 223 g/mol. The Morgan fingerprint density at radius 3 is 2.53 bits per heavy atom. The van der Waals surface area contributed by atoms with Gasteiger partial charge in [-0.05, 0) is 12.0 Å². The average Bonchev–Trinajstić information content (AvgIpc) is 2.29. The van der Waals surface area contributed by atoms with E-state index < -0.39 is 0 Å². The Bertz CT molecular complexity index is 308. The van der Waals surface area contributed by atoms with E-state index in [1.54, 1.807) is 7.11 Å². The van der Waals surface area contributed by atoms with Crippen LogP contribution in [0.3, 0.4) is 0 Å². The third-order valence-electron chi connectivity index (χ3n) is 2.22. The third kappa shape index (κ3) is 3.98. The van der Waals surface area contributed by atoms with Gasteiger partial charge in [-0.25, -0.2) is 0 Å². The molecule has 3 heteroatoms. The molecular formula is C12H17NOS. The SMILES string of the molecule is CCc1ccc(C(=S)NCCOC)cc1. The first-order valence-electron chi connectivity index (χ1n) is 5.14. The second kappa shape index (κ2) is 6.53. The summed E-state index contributed by atoms with van der Waals surface area (Å²) in [6, 6.07) is 8.33. The van der Waals surface area contributed by atoms with Crippen molar-refractivity contribution in [1.29, 1.82) is 0 Å². The highest BCUT2D eigenvalue weighted by Crippen LogP contribution is 2.05. The molecule has 0 saturated heterocycles. The number of hydrogen-bond acceptors (Lipinski definition) is 2. The quantitative estimate of drug-likeness (QED) is 0.610. The number of methoxy groups -OCH3 is 1. The maximum Gasteiger partial charge on any atom is 0.106 e. The second-order valence-corrected chi connectivity index (χ2v) is 3.71. The molecule has 15 heavy (non-hydrogen) atoms. The van der Waals surface area contributed by atoms with Gasteiger partial charge in [-0.15, -0.1) is 0 Å². The van der Waals surface area contributed by atoms with E-state index in [1.165, 1.54) is 5.56 Å². The molecule has 1 aromatic rings. The van der Waals surface area contributed by atoms with Crippen LogP contribution in [0.15, 0.2) is 24.3 Å². The summed E-state index contributed by atoms with van der Waals surface area (Å²) in [5.41, 5.74) is 2.40. The van der Waals surface area contributed by atoms with Crippen molar-refractivity contribution >= 4 is 17.2 Å². The van der Waals surface area contributed by atoms with E-state index in [9.17, 15) is 0 Å². The fourth-order valence-corrected chi connectivity index (χ4v) is 1.50. The van der Waals surface area contributed by atoms with Crippen LogP contribution in [-0.2, 0) is 11.2 Å². The lowest BCUT2D eigenvalue weighted by Gasteiger charge is -2.07. The van der Waals surface area contributed by atoms with Crippen LogP contribution in [0.25, 0.3) is 0 Å². The highest BCUT2D eigenvalue weighted by atomic mass is 32.1. The van der Waals surface area contributed by atoms with Gasteiger partial charge in [0.25, 0.3) is 0 Å². The number of benzene rings is 1. The zero-order chi connectivity index (χ0) is 11.1. The number of ether oxygens (including phenoxy) is 1. The van der Waals surface area contributed by atoms with E-state index in [1.807, 2.05) is 0 Å². The van der Waals surface area contributed by atoms with Gasteiger partial charge in [0.1, 0.15) is 4.99 Å². The predicted molar refractivity (Wildman–Crippen MR) is 67.4 cm³/mol. The number of thiocarbonyl (C=S) groups is 1. The number of rotatable bonds is 5. The highest BCUT2D eigenvalue weighted by Gasteiger charge is 1.99. The maximum atomic E-state index is 5.25. The largest absolute Gasteiger partial charge is 0.383 e. The van der Waals surface area contributed by atoms with E-state index in [0.29, 0.717) is 6.61 Å². The summed E-state index contributed by atoms with van der Waals surface area (Å²) in [7, 11) is 1.68. The summed E-state index contributed by atoms with van der Waals surface area (Å²) >= 11 is 5.25. The molecule has 1 aromatic carbocycles. The van der Waals surface area contributed by atoms with Gasteiger partial charge in [0.05, 0.1) is 6.61 Å². The van der Waals surface area contributed by atoms with Gasteiger partial charge in [-0.1, -0.05) is 43.4 Å². The minimum atomic E-state index is 0.674. The van der Waals surface area contributed by atoms with Gasteiger partial charge in [0.15, 0.2) is 0 Å². The van der Waals surface area contributed by atoms with E-state index in [0.717, 1.165) is 23.5 Å². The number of hydrogen-bond donors (Lipinski definition) is 1. The molecule has 0 atom stereocenters. The van der Waals surface area contributed by atoms with Crippen LogP contribution in [-0.4, -0.2) is 25.2 Å². The summed E-state index contributed by atoms with van der Waals surface area (Å²) in [6.07, 6.45) is 1.06. The Labute approximate surface area is 96.6 Å². The molecule has 1 rings (SSSR count). The molecule has 0 aliphatic heterocycles. The molecule has 0 spiro atoms. The van der Waals surface area contributed by atoms with Gasteiger partial charge >= 0.3 is 0 Å². The maximum absolute atomic E-state index is 5.25. The fraction of sp³-hybridized carbons (Fsp3) is 0.417. The molecule has 82 valence electrons. The lowest BCUT2D eigenvalue weighted by Crippen LogP contribution is -2.25. The van der Waals surface area contributed by atoms with E-state index in [2.05, 4.69) is 36.5 Å². The van der Waals surface area contributed by atoms with Crippen molar-refractivity contribution in [3.05, 3.63) is 35.4 Å². The minimum absolute atomic E-state index is 0.674. The third-order valence-corrected chi connectivity index (χ3v) is 2.60. The minimum Gasteiger partial charge on any atom is -0.383 e. The van der Waals surface area contributed by atoms with Crippen LogP contribution in [0, 0.1) is 0 Å². The molecule has 1 N–H and O–H groups in total. The van der Waals surface area contributed by atoms with Gasteiger partial charge < -0.3 is 10.1 Å². The van der Waals surface area contributed by atoms with Crippen molar-refractivity contribution in [3.63, 3.8) is 0 Å². The molecule has 0 aliphatic carbocycles. The first-order chi connectivity index (χ1) is 7.27. The van der Waals surface area contributed by atoms with Crippen LogP contribution < -0.4 is 5.32 Å². The van der Waals surface area contributed by atoms with Crippen molar-refractivity contribution in [2.75, 3.05) is 20.3 Å². The fourth-order valence-electron chi connectivity index (χ4n) is 1.26. The van der Waals surface area contributed by atoms with Crippen LogP contribution in [0.2, 0.25) is 0 Å². The lowest BCUT2D eigenvalue weighted by molar-refractivity contribution is 0.204. The normalized spacial score (nSPS) is 10.0. The zero-order valence-corrected chi connectivity index (χ0v) is 10.1. The topological polar surface area (TPSA) is 21.3 Å². The smallest absolute Gasteiger partial charge is 0.106 e. The highest BCUT2D eigenvalue weighted by molar-refractivity contribution is 7.80. The van der Waals surface area contributed by atoms with E-state index in [4.69, 9.17) is 17.0 Å². The van der Waals surface area contributed by atoms with Crippen LogP contribution in [0.4, 0.5) is 0 Å². The predicted octanol–water partition coefficient (Wildman–Crippen LogP) is 2.16. The Morgan fingerprint density at radius 2 is 2.00 bits per heavy atom. The molecule has 0 aliphatic rings. The van der Waals surface area contributed by atoms with Crippen molar-refractivity contribution < 1.29 is 4.74 Å². The first kappa shape index (κ1) is 12.1. The molecular weight excluding hydrogens is 206 g/mol. The van der Waals surface area contributed by atoms with Gasteiger partial charge in [-0.2, -0.15) is 0 Å². The molecule has 0 radical (unpaired) electrons. The first-order valence-corrected chi connectivity index (χ1v) is 5.54. The molecule has 0 bridgehead atoms. The molecule has 2 nitrogen and oxygen atoms in total.